The fourth-order valence-electron chi connectivity index (χ4n) is 1.73. The lowest BCUT2D eigenvalue weighted by atomic mass is 10.1. The molecule has 1 heterocycles. The SMILES string of the molecule is O=CNC(Cc1csc2ccc(Br)cc12)C(=O)O. The quantitative estimate of drug-likeness (QED) is 0.829. The van der Waals surface area contributed by atoms with E-state index in [1.165, 1.54) is 0 Å². The maximum atomic E-state index is 11.0. The van der Waals surface area contributed by atoms with Crippen LogP contribution in [0.15, 0.2) is 28.1 Å². The Bertz CT molecular complexity index is 596. The van der Waals surface area contributed by atoms with Crippen LogP contribution in [0.25, 0.3) is 10.1 Å². The summed E-state index contributed by atoms with van der Waals surface area (Å²) in [6.45, 7) is 0. The average molecular weight is 328 g/mol. The van der Waals surface area contributed by atoms with Crippen LogP contribution >= 0.6 is 27.3 Å². The zero-order valence-electron chi connectivity index (χ0n) is 9.22. The van der Waals surface area contributed by atoms with Gasteiger partial charge in [0.15, 0.2) is 0 Å². The molecule has 18 heavy (non-hydrogen) atoms. The van der Waals surface area contributed by atoms with Crippen LogP contribution < -0.4 is 5.32 Å². The van der Waals surface area contributed by atoms with Gasteiger partial charge in [-0.15, -0.1) is 11.3 Å². The molecule has 1 unspecified atom stereocenters. The Kier molecular flexibility index (Phi) is 3.98. The first-order valence-electron chi connectivity index (χ1n) is 5.20. The molecule has 1 aromatic carbocycles. The minimum Gasteiger partial charge on any atom is -0.480 e. The normalized spacial score (nSPS) is 12.3. The molecule has 1 atom stereocenters. The topological polar surface area (TPSA) is 66.4 Å². The molecule has 0 bridgehead atoms. The van der Waals surface area contributed by atoms with E-state index in [9.17, 15) is 9.59 Å². The van der Waals surface area contributed by atoms with E-state index in [2.05, 4.69) is 21.2 Å². The van der Waals surface area contributed by atoms with Gasteiger partial charge in [0, 0.05) is 15.6 Å². The van der Waals surface area contributed by atoms with Crippen LogP contribution in [0.2, 0.25) is 0 Å². The summed E-state index contributed by atoms with van der Waals surface area (Å²) >= 11 is 4.96. The second-order valence-electron chi connectivity index (χ2n) is 3.78. The number of aliphatic carboxylic acids is 1. The van der Waals surface area contributed by atoms with Gasteiger partial charge in [-0.05, 0) is 34.5 Å². The molecule has 1 amide bonds. The standard InChI is InChI=1S/C12H10BrNO3S/c13-8-1-2-11-9(4-8)7(5-18-11)3-10(12(16)17)14-6-15/h1-2,4-6,10H,3H2,(H,14,15)(H,16,17). The van der Waals surface area contributed by atoms with Gasteiger partial charge in [0.1, 0.15) is 6.04 Å². The lowest BCUT2D eigenvalue weighted by Gasteiger charge is -2.10. The predicted molar refractivity (Wildman–Crippen MR) is 73.9 cm³/mol. The van der Waals surface area contributed by atoms with E-state index in [1.54, 1.807) is 11.3 Å². The molecule has 0 aliphatic heterocycles. The van der Waals surface area contributed by atoms with E-state index < -0.39 is 12.0 Å². The number of nitrogens with one attached hydrogen (secondary N) is 1. The molecule has 0 fully saturated rings. The Morgan fingerprint density at radius 2 is 2.33 bits per heavy atom. The van der Waals surface area contributed by atoms with Crippen LogP contribution in [0.4, 0.5) is 0 Å². The number of hydrogen-bond donors (Lipinski definition) is 2. The van der Waals surface area contributed by atoms with E-state index in [4.69, 9.17) is 5.11 Å². The van der Waals surface area contributed by atoms with Gasteiger partial charge in [0.2, 0.25) is 6.41 Å². The number of carbonyl (C=O) groups is 2. The van der Waals surface area contributed by atoms with Crippen molar-refractivity contribution in [1.82, 2.24) is 5.32 Å². The maximum Gasteiger partial charge on any atom is 0.326 e. The van der Waals surface area contributed by atoms with Crippen molar-refractivity contribution in [2.75, 3.05) is 0 Å². The smallest absolute Gasteiger partial charge is 0.326 e. The number of amides is 1. The molecule has 0 aliphatic carbocycles. The van der Waals surface area contributed by atoms with E-state index >= 15 is 0 Å². The van der Waals surface area contributed by atoms with Crippen molar-refractivity contribution in [1.29, 1.82) is 0 Å². The molecule has 0 radical (unpaired) electrons. The van der Waals surface area contributed by atoms with Crippen molar-refractivity contribution < 1.29 is 14.7 Å². The van der Waals surface area contributed by atoms with Crippen LogP contribution in [0, 0.1) is 0 Å². The van der Waals surface area contributed by atoms with Crippen molar-refractivity contribution in [2.45, 2.75) is 12.5 Å². The van der Waals surface area contributed by atoms with E-state index in [1.807, 2.05) is 23.6 Å². The fraction of sp³-hybridized carbons (Fsp3) is 0.167. The Labute approximate surface area is 116 Å². The molecule has 4 nitrogen and oxygen atoms in total. The Morgan fingerprint density at radius 3 is 3.00 bits per heavy atom. The van der Waals surface area contributed by atoms with Crippen molar-refractivity contribution in [3.05, 3.63) is 33.6 Å². The molecule has 1 aromatic heterocycles. The van der Waals surface area contributed by atoms with Gasteiger partial charge in [0.05, 0.1) is 0 Å². The molecular weight excluding hydrogens is 318 g/mol. The van der Waals surface area contributed by atoms with E-state index in [-0.39, 0.29) is 6.42 Å². The summed E-state index contributed by atoms with van der Waals surface area (Å²) in [6, 6.07) is 5.00. The highest BCUT2D eigenvalue weighted by Crippen LogP contribution is 2.29. The van der Waals surface area contributed by atoms with E-state index in [0.29, 0.717) is 6.41 Å². The summed E-state index contributed by atoms with van der Waals surface area (Å²) in [5.41, 5.74) is 0.929. The van der Waals surface area contributed by atoms with Gasteiger partial charge < -0.3 is 10.4 Å². The second kappa shape index (κ2) is 5.49. The number of carboxylic acid groups (broad SMARTS) is 1. The van der Waals surface area contributed by atoms with Gasteiger partial charge in [0.25, 0.3) is 0 Å². The first-order valence-corrected chi connectivity index (χ1v) is 6.87. The highest BCUT2D eigenvalue weighted by molar-refractivity contribution is 9.10. The molecule has 0 saturated carbocycles. The summed E-state index contributed by atoms with van der Waals surface area (Å²) < 4.78 is 2.05. The minimum absolute atomic E-state index is 0.282. The number of carbonyl (C=O) groups excluding carboxylic acids is 1. The fourth-order valence-corrected chi connectivity index (χ4v) is 3.05. The van der Waals surface area contributed by atoms with Crippen molar-refractivity contribution in [2.24, 2.45) is 0 Å². The first-order chi connectivity index (χ1) is 8.61. The van der Waals surface area contributed by atoms with Crippen LogP contribution in [-0.2, 0) is 16.0 Å². The number of benzene rings is 1. The number of hydrogen-bond acceptors (Lipinski definition) is 3. The number of rotatable bonds is 5. The van der Waals surface area contributed by atoms with Crippen molar-refractivity contribution in [3.63, 3.8) is 0 Å². The van der Waals surface area contributed by atoms with Crippen molar-refractivity contribution in [3.8, 4) is 0 Å². The van der Waals surface area contributed by atoms with Gasteiger partial charge >= 0.3 is 5.97 Å². The maximum absolute atomic E-state index is 11.0. The highest BCUT2D eigenvalue weighted by atomic mass is 79.9. The molecule has 94 valence electrons. The third-order valence-corrected chi connectivity index (χ3v) is 4.11. The molecule has 0 aliphatic rings. The summed E-state index contributed by atoms with van der Waals surface area (Å²) in [6.07, 6.45) is 0.702. The molecule has 0 spiro atoms. The predicted octanol–water partition coefficient (Wildman–Crippen LogP) is 2.41. The second-order valence-corrected chi connectivity index (χ2v) is 5.61. The zero-order valence-corrected chi connectivity index (χ0v) is 11.6. The van der Waals surface area contributed by atoms with Gasteiger partial charge in [-0.25, -0.2) is 4.79 Å². The average Bonchev–Trinajstić information content (AvgIpc) is 2.71. The van der Waals surface area contributed by atoms with Crippen LogP contribution in [-0.4, -0.2) is 23.5 Å². The van der Waals surface area contributed by atoms with Crippen molar-refractivity contribution >= 4 is 49.7 Å². The van der Waals surface area contributed by atoms with Gasteiger partial charge in [-0.3, -0.25) is 4.79 Å². The minimum atomic E-state index is -1.03. The molecular formula is C12H10BrNO3S. The third-order valence-electron chi connectivity index (χ3n) is 2.61. The third kappa shape index (κ3) is 2.70. The number of thiophene rings is 1. The van der Waals surface area contributed by atoms with Gasteiger partial charge in [-0.1, -0.05) is 15.9 Å². The summed E-state index contributed by atoms with van der Waals surface area (Å²) in [7, 11) is 0. The number of halogens is 1. The Morgan fingerprint density at radius 1 is 1.56 bits per heavy atom. The monoisotopic (exact) mass is 327 g/mol. The highest BCUT2D eigenvalue weighted by Gasteiger charge is 2.18. The van der Waals surface area contributed by atoms with Crippen LogP contribution in [0.3, 0.4) is 0 Å². The van der Waals surface area contributed by atoms with Crippen LogP contribution in [0.5, 0.6) is 0 Å². The molecule has 2 aromatic rings. The summed E-state index contributed by atoms with van der Waals surface area (Å²) in [4.78, 5) is 21.4. The number of carboxylic acids is 1. The lowest BCUT2D eigenvalue weighted by molar-refractivity contribution is -0.140. The number of fused-ring (bicyclic) bond motifs is 1. The van der Waals surface area contributed by atoms with E-state index in [0.717, 1.165) is 20.1 Å². The first kappa shape index (κ1) is 13.0. The zero-order chi connectivity index (χ0) is 13.1. The molecule has 2 N–H and O–H groups in total. The Hall–Kier alpha value is -1.40. The van der Waals surface area contributed by atoms with Gasteiger partial charge in [-0.2, -0.15) is 0 Å². The molecule has 6 heteroatoms. The Balaban J connectivity index is 2.33. The summed E-state index contributed by atoms with van der Waals surface area (Å²) in [5, 5.41) is 14.3. The summed E-state index contributed by atoms with van der Waals surface area (Å²) in [5.74, 6) is -1.03. The lowest BCUT2D eigenvalue weighted by Crippen LogP contribution is -2.37. The molecule has 2 rings (SSSR count). The van der Waals surface area contributed by atoms with Crippen LogP contribution in [0.1, 0.15) is 5.56 Å². The largest absolute Gasteiger partial charge is 0.480 e. The molecule has 0 saturated heterocycles.